The Bertz CT molecular complexity index is 464. The maximum atomic E-state index is 5.54. The van der Waals surface area contributed by atoms with E-state index in [1.54, 1.807) is 0 Å². The van der Waals surface area contributed by atoms with Crippen molar-refractivity contribution in [2.24, 2.45) is 0 Å². The SMILES string of the molecule is S=c1cccc(Oc2ccccc2)[nH]1. The zero-order valence-electron chi connectivity index (χ0n) is 7.44. The quantitative estimate of drug-likeness (QED) is 0.755. The lowest BCUT2D eigenvalue weighted by molar-refractivity contribution is 0.462. The molecule has 1 aromatic carbocycles. The second-order valence-electron chi connectivity index (χ2n) is 2.79. The van der Waals surface area contributed by atoms with Gasteiger partial charge in [-0.1, -0.05) is 36.5 Å². The molecule has 2 rings (SSSR count). The number of pyridine rings is 1. The summed E-state index contributed by atoms with van der Waals surface area (Å²) in [6.07, 6.45) is 0. The first kappa shape index (κ1) is 8.97. The number of aromatic nitrogens is 1. The van der Waals surface area contributed by atoms with Gasteiger partial charge in [0.05, 0.1) is 0 Å². The fourth-order valence-electron chi connectivity index (χ4n) is 1.10. The molecule has 1 N–H and O–H groups in total. The van der Waals surface area contributed by atoms with Crippen molar-refractivity contribution in [3.05, 3.63) is 53.2 Å². The second kappa shape index (κ2) is 4.07. The summed E-state index contributed by atoms with van der Waals surface area (Å²) < 4.78 is 6.20. The number of hydrogen-bond acceptors (Lipinski definition) is 2. The summed E-state index contributed by atoms with van der Waals surface area (Å²) in [6.45, 7) is 0. The Hall–Kier alpha value is -1.61. The topological polar surface area (TPSA) is 25.0 Å². The number of rotatable bonds is 2. The van der Waals surface area contributed by atoms with Gasteiger partial charge in [-0.25, -0.2) is 0 Å². The van der Waals surface area contributed by atoms with Crippen LogP contribution in [0, 0.1) is 4.64 Å². The summed E-state index contributed by atoms with van der Waals surface area (Å²) in [5, 5.41) is 0. The van der Waals surface area contributed by atoms with Gasteiger partial charge < -0.3 is 9.72 Å². The van der Waals surface area contributed by atoms with E-state index in [-0.39, 0.29) is 0 Å². The number of ether oxygens (including phenoxy) is 1. The first-order valence-electron chi connectivity index (χ1n) is 4.27. The van der Waals surface area contributed by atoms with Crippen LogP contribution in [0.3, 0.4) is 0 Å². The van der Waals surface area contributed by atoms with Crippen molar-refractivity contribution in [1.29, 1.82) is 0 Å². The van der Waals surface area contributed by atoms with Gasteiger partial charge in [0.2, 0.25) is 0 Å². The fourth-order valence-corrected chi connectivity index (χ4v) is 1.28. The number of para-hydroxylation sites is 1. The number of hydrogen-bond donors (Lipinski definition) is 1. The first-order chi connectivity index (χ1) is 6.84. The molecule has 70 valence electrons. The van der Waals surface area contributed by atoms with Crippen LogP contribution in [0.5, 0.6) is 11.6 Å². The molecule has 0 bridgehead atoms. The van der Waals surface area contributed by atoms with Crippen LogP contribution >= 0.6 is 12.2 Å². The molecule has 0 unspecified atom stereocenters. The molecule has 0 aliphatic rings. The van der Waals surface area contributed by atoms with Gasteiger partial charge in [0.1, 0.15) is 10.4 Å². The van der Waals surface area contributed by atoms with E-state index in [0.29, 0.717) is 10.5 Å². The molecule has 0 saturated carbocycles. The van der Waals surface area contributed by atoms with Gasteiger partial charge in [-0.3, -0.25) is 0 Å². The Morgan fingerprint density at radius 3 is 2.43 bits per heavy atom. The van der Waals surface area contributed by atoms with E-state index < -0.39 is 0 Å². The van der Waals surface area contributed by atoms with Crippen molar-refractivity contribution in [3.63, 3.8) is 0 Å². The molecule has 0 amide bonds. The molecule has 2 aromatic rings. The van der Waals surface area contributed by atoms with Gasteiger partial charge in [-0.15, -0.1) is 0 Å². The van der Waals surface area contributed by atoms with Crippen LogP contribution in [0.25, 0.3) is 0 Å². The Morgan fingerprint density at radius 2 is 1.71 bits per heavy atom. The van der Waals surface area contributed by atoms with Crippen molar-refractivity contribution in [1.82, 2.24) is 4.98 Å². The number of nitrogens with one attached hydrogen (secondary N) is 1. The molecule has 3 heteroatoms. The Balaban J connectivity index is 2.24. The summed E-state index contributed by atoms with van der Waals surface area (Å²) in [4.78, 5) is 2.95. The maximum absolute atomic E-state index is 5.54. The van der Waals surface area contributed by atoms with E-state index in [1.165, 1.54) is 0 Å². The number of aromatic amines is 1. The zero-order valence-corrected chi connectivity index (χ0v) is 8.25. The molecule has 0 fully saturated rings. The van der Waals surface area contributed by atoms with Crippen molar-refractivity contribution in [2.75, 3.05) is 0 Å². The minimum atomic E-state index is 0.656. The van der Waals surface area contributed by atoms with Crippen LogP contribution in [0.15, 0.2) is 48.5 Å². The normalized spacial score (nSPS) is 9.71. The predicted molar refractivity (Wildman–Crippen MR) is 58.1 cm³/mol. The van der Waals surface area contributed by atoms with E-state index in [0.717, 1.165) is 5.75 Å². The molecular weight excluding hydrogens is 194 g/mol. The Kier molecular flexibility index (Phi) is 2.60. The lowest BCUT2D eigenvalue weighted by Crippen LogP contribution is -1.86. The van der Waals surface area contributed by atoms with Crippen LogP contribution in [-0.2, 0) is 0 Å². The molecule has 0 saturated heterocycles. The molecule has 0 radical (unpaired) electrons. The number of benzene rings is 1. The molecule has 1 heterocycles. The van der Waals surface area contributed by atoms with E-state index in [1.807, 2.05) is 48.5 Å². The highest BCUT2D eigenvalue weighted by molar-refractivity contribution is 7.71. The number of H-pyrrole nitrogens is 1. The summed E-state index contributed by atoms with van der Waals surface area (Å²) in [5.41, 5.74) is 0. The average molecular weight is 203 g/mol. The third-order valence-corrected chi connectivity index (χ3v) is 1.95. The van der Waals surface area contributed by atoms with Crippen molar-refractivity contribution in [3.8, 4) is 11.6 Å². The molecule has 14 heavy (non-hydrogen) atoms. The zero-order chi connectivity index (χ0) is 9.80. The summed E-state index contributed by atoms with van der Waals surface area (Å²) in [7, 11) is 0. The van der Waals surface area contributed by atoms with E-state index in [2.05, 4.69) is 4.98 Å². The van der Waals surface area contributed by atoms with Crippen LogP contribution in [-0.4, -0.2) is 4.98 Å². The van der Waals surface area contributed by atoms with Gasteiger partial charge in [0.15, 0.2) is 5.88 Å². The van der Waals surface area contributed by atoms with Gasteiger partial charge in [-0.05, 0) is 24.3 Å². The summed E-state index contributed by atoms with van der Waals surface area (Å²) in [5.74, 6) is 1.45. The van der Waals surface area contributed by atoms with Crippen molar-refractivity contribution < 1.29 is 4.74 Å². The average Bonchev–Trinajstić information content (AvgIpc) is 2.19. The van der Waals surface area contributed by atoms with Crippen molar-refractivity contribution >= 4 is 12.2 Å². The van der Waals surface area contributed by atoms with Crippen LogP contribution in [0.2, 0.25) is 0 Å². The van der Waals surface area contributed by atoms with Gasteiger partial charge in [0.25, 0.3) is 0 Å². The van der Waals surface area contributed by atoms with E-state index >= 15 is 0 Å². The van der Waals surface area contributed by atoms with Gasteiger partial charge >= 0.3 is 0 Å². The smallest absolute Gasteiger partial charge is 0.198 e. The summed E-state index contributed by atoms with van der Waals surface area (Å²) >= 11 is 4.98. The Labute approximate surface area is 87.2 Å². The second-order valence-corrected chi connectivity index (χ2v) is 3.23. The van der Waals surface area contributed by atoms with E-state index in [9.17, 15) is 0 Å². The van der Waals surface area contributed by atoms with Crippen LogP contribution in [0.4, 0.5) is 0 Å². The third kappa shape index (κ3) is 2.20. The van der Waals surface area contributed by atoms with Gasteiger partial charge in [-0.2, -0.15) is 0 Å². The predicted octanol–water partition coefficient (Wildman–Crippen LogP) is 3.54. The highest BCUT2D eigenvalue weighted by Gasteiger charge is 1.94. The lowest BCUT2D eigenvalue weighted by atomic mass is 10.3. The molecule has 0 aliphatic carbocycles. The minimum absolute atomic E-state index is 0.656. The standard InChI is InChI=1S/C11H9NOS/c14-11-8-4-7-10(12-11)13-9-5-2-1-3-6-9/h1-8H,(H,12,14). The monoisotopic (exact) mass is 203 g/mol. The largest absolute Gasteiger partial charge is 0.441 e. The molecule has 0 atom stereocenters. The molecule has 1 aromatic heterocycles. The van der Waals surface area contributed by atoms with Crippen LogP contribution in [0.1, 0.15) is 0 Å². The molecule has 0 spiro atoms. The fraction of sp³-hybridized carbons (Fsp3) is 0. The van der Waals surface area contributed by atoms with E-state index in [4.69, 9.17) is 17.0 Å². The highest BCUT2D eigenvalue weighted by Crippen LogP contribution is 2.17. The minimum Gasteiger partial charge on any atom is -0.441 e. The van der Waals surface area contributed by atoms with Gasteiger partial charge in [0, 0.05) is 0 Å². The highest BCUT2D eigenvalue weighted by atomic mass is 32.1. The molecule has 2 nitrogen and oxygen atoms in total. The maximum Gasteiger partial charge on any atom is 0.198 e. The molecule has 0 aliphatic heterocycles. The lowest BCUT2D eigenvalue weighted by Gasteiger charge is -2.03. The molecular formula is C11H9NOS. The third-order valence-electron chi connectivity index (χ3n) is 1.71. The van der Waals surface area contributed by atoms with Crippen LogP contribution < -0.4 is 4.74 Å². The first-order valence-corrected chi connectivity index (χ1v) is 4.68. The van der Waals surface area contributed by atoms with Crippen molar-refractivity contribution in [2.45, 2.75) is 0 Å². The summed E-state index contributed by atoms with van der Waals surface area (Å²) in [6, 6.07) is 15.1. The Morgan fingerprint density at radius 1 is 0.929 bits per heavy atom.